The Kier molecular flexibility index (Phi) is 3.22. The fourth-order valence-electron chi connectivity index (χ4n) is 2.62. The van der Waals surface area contributed by atoms with Gasteiger partial charge in [-0.25, -0.2) is 0 Å². The summed E-state index contributed by atoms with van der Waals surface area (Å²) in [5.74, 6) is 0. The van der Waals surface area contributed by atoms with Crippen LogP contribution < -0.4 is 5.32 Å². The summed E-state index contributed by atoms with van der Waals surface area (Å²) < 4.78 is 0. The first-order valence-corrected chi connectivity index (χ1v) is 5.64. The van der Waals surface area contributed by atoms with Crippen molar-refractivity contribution in [3.63, 3.8) is 0 Å². The molecule has 0 spiro atoms. The SMILES string of the molecule is CNC1CCc2[nH]c3ccccc3c2C1.Cl. The van der Waals surface area contributed by atoms with Crippen molar-refractivity contribution in [3.05, 3.63) is 35.5 Å². The van der Waals surface area contributed by atoms with Crippen LogP contribution in [0.25, 0.3) is 10.9 Å². The van der Waals surface area contributed by atoms with Gasteiger partial charge in [0.1, 0.15) is 0 Å². The van der Waals surface area contributed by atoms with Gasteiger partial charge in [-0.1, -0.05) is 18.2 Å². The minimum absolute atomic E-state index is 0. The summed E-state index contributed by atoms with van der Waals surface area (Å²) in [4.78, 5) is 3.53. The van der Waals surface area contributed by atoms with Gasteiger partial charge in [0.25, 0.3) is 0 Å². The summed E-state index contributed by atoms with van der Waals surface area (Å²) in [7, 11) is 2.06. The lowest BCUT2D eigenvalue weighted by Gasteiger charge is -2.21. The molecule has 0 bridgehead atoms. The van der Waals surface area contributed by atoms with Crippen molar-refractivity contribution >= 4 is 23.3 Å². The zero-order valence-electron chi connectivity index (χ0n) is 9.42. The second-order valence-electron chi connectivity index (χ2n) is 4.36. The Labute approximate surface area is 102 Å². The normalized spacial score (nSPS) is 19.2. The molecule has 1 aliphatic rings. The van der Waals surface area contributed by atoms with Gasteiger partial charge in [0.2, 0.25) is 0 Å². The van der Waals surface area contributed by atoms with E-state index in [4.69, 9.17) is 0 Å². The molecule has 0 saturated heterocycles. The monoisotopic (exact) mass is 236 g/mol. The number of rotatable bonds is 1. The molecule has 0 radical (unpaired) electrons. The first-order valence-electron chi connectivity index (χ1n) is 5.64. The molecule has 1 heterocycles. The predicted octanol–water partition coefficient (Wildman–Crippen LogP) is 2.67. The summed E-state index contributed by atoms with van der Waals surface area (Å²) in [5.41, 5.74) is 4.26. The van der Waals surface area contributed by atoms with Gasteiger partial charge >= 0.3 is 0 Å². The van der Waals surface area contributed by atoms with Crippen LogP contribution in [0.5, 0.6) is 0 Å². The molecule has 1 aliphatic carbocycles. The minimum atomic E-state index is 0. The Bertz CT molecular complexity index is 490. The minimum Gasteiger partial charge on any atom is -0.358 e. The molecule has 3 heteroatoms. The zero-order chi connectivity index (χ0) is 10.3. The van der Waals surface area contributed by atoms with Crippen molar-refractivity contribution in [2.75, 3.05) is 7.05 Å². The van der Waals surface area contributed by atoms with Gasteiger partial charge in [0.15, 0.2) is 0 Å². The number of halogens is 1. The smallest absolute Gasteiger partial charge is 0.0458 e. The summed E-state index contributed by atoms with van der Waals surface area (Å²) >= 11 is 0. The maximum Gasteiger partial charge on any atom is 0.0458 e. The fourth-order valence-corrected chi connectivity index (χ4v) is 2.62. The number of aryl methyl sites for hydroxylation is 1. The lowest BCUT2D eigenvalue weighted by Crippen LogP contribution is -2.31. The predicted molar refractivity (Wildman–Crippen MR) is 70.4 cm³/mol. The first-order chi connectivity index (χ1) is 7.38. The van der Waals surface area contributed by atoms with Crippen LogP contribution in [0.1, 0.15) is 17.7 Å². The highest BCUT2D eigenvalue weighted by molar-refractivity contribution is 5.85. The molecular formula is C13H17ClN2. The molecule has 0 amide bonds. The van der Waals surface area contributed by atoms with E-state index in [1.165, 1.54) is 35.0 Å². The van der Waals surface area contributed by atoms with E-state index in [1.54, 1.807) is 0 Å². The molecule has 1 atom stereocenters. The third-order valence-corrected chi connectivity index (χ3v) is 3.50. The lowest BCUT2D eigenvalue weighted by atomic mass is 9.92. The molecule has 1 aromatic heterocycles. The van der Waals surface area contributed by atoms with E-state index < -0.39 is 0 Å². The Morgan fingerprint density at radius 3 is 2.94 bits per heavy atom. The Balaban J connectivity index is 0.000000963. The third kappa shape index (κ3) is 1.72. The second-order valence-corrected chi connectivity index (χ2v) is 4.36. The van der Waals surface area contributed by atoms with Gasteiger partial charge in [-0.2, -0.15) is 0 Å². The molecule has 0 fully saturated rings. The summed E-state index contributed by atoms with van der Waals surface area (Å²) in [6.07, 6.45) is 3.59. The molecule has 2 nitrogen and oxygen atoms in total. The maximum absolute atomic E-state index is 3.53. The summed E-state index contributed by atoms with van der Waals surface area (Å²) in [5, 5.41) is 4.80. The van der Waals surface area contributed by atoms with Gasteiger partial charge in [0, 0.05) is 22.6 Å². The zero-order valence-corrected chi connectivity index (χ0v) is 10.2. The molecule has 2 N–H and O–H groups in total. The van der Waals surface area contributed by atoms with Crippen molar-refractivity contribution < 1.29 is 0 Å². The number of aromatic nitrogens is 1. The van der Waals surface area contributed by atoms with Crippen molar-refractivity contribution in [1.29, 1.82) is 0 Å². The lowest BCUT2D eigenvalue weighted by molar-refractivity contribution is 0.495. The van der Waals surface area contributed by atoms with E-state index in [0.29, 0.717) is 6.04 Å². The Morgan fingerprint density at radius 2 is 2.12 bits per heavy atom. The van der Waals surface area contributed by atoms with Crippen LogP contribution in [0.15, 0.2) is 24.3 Å². The molecule has 2 aromatic rings. The number of hydrogen-bond donors (Lipinski definition) is 2. The van der Waals surface area contributed by atoms with Gasteiger partial charge in [-0.05, 0) is 37.9 Å². The van der Waals surface area contributed by atoms with Gasteiger partial charge in [0.05, 0.1) is 0 Å². The highest BCUT2D eigenvalue weighted by atomic mass is 35.5. The highest BCUT2D eigenvalue weighted by Crippen LogP contribution is 2.28. The summed E-state index contributed by atoms with van der Waals surface area (Å²) in [6, 6.07) is 9.26. The fraction of sp³-hybridized carbons (Fsp3) is 0.385. The van der Waals surface area contributed by atoms with E-state index in [0.717, 1.165) is 6.42 Å². The van der Waals surface area contributed by atoms with E-state index in [9.17, 15) is 0 Å². The molecule has 16 heavy (non-hydrogen) atoms. The van der Waals surface area contributed by atoms with Crippen LogP contribution in [-0.2, 0) is 12.8 Å². The highest BCUT2D eigenvalue weighted by Gasteiger charge is 2.20. The van der Waals surface area contributed by atoms with Crippen LogP contribution in [0.2, 0.25) is 0 Å². The topological polar surface area (TPSA) is 27.8 Å². The second kappa shape index (κ2) is 4.48. The molecule has 0 aliphatic heterocycles. The van der Waals surface area contributed by atoms with Crippen LogP contribution in [0.4, 0.5) is 0 Å². The van der Waals surface area contributed by atoms with Gasteiger partial charge < -0.3 is 10.3 Å². The molecule has 1 unspecified atom stereocenters. The van der Waals surface area contributed by atoms with Crippen molar-refractivity contribution in [3.8, 4) is 0 Å². The van der Waals surface area contributed by atoms with E-state index in [-0.39, 0.29) is 12.4 Å². The van der Waals surface area contributed by atoms with Crippen LogP contribution in [0.3, 0.4) is 0 Å². The van der Waals surface area contributed by atoms with Crippen LogP contribution >= 0.6 is 12.4 Å². The van der Waals surface area contributed by atoms with Gasteiger partial charge in [-0.3, -0.25) is 0 Å². The van der Waals surface area contributed by atoms with Gasteiger partial charge in [-0.15, -0.1) is 12.4 Å². The molecule has 0 saturated carbocycles. The first kappa shape index (κ1) is 11.5. The van der Waals surface area contributed by atoms with Crippen LogP contribution in [-0.4, -0.2) is 18.1 Å². The standard InChI is InChI=1S/C13H16N2.ClH/c1-14-9-6-7-13-11(8-9)10-4-2-3-5-12(10)15-13;/h2-5,9,14-15H,6-8H2,1H3;1H. The van der Waals surface area contributed by atoms with Crippen molar-refractivity contribution in [2.24, 2.45) is 0 Å². The average Bonchev–Trinajstić information content (AvgIpc) is 2.66. The van der Waals surface area contributed by atoms with Crippen molar-refractivity contribution in [1.82, 2.24) is 10.3 Å². The maximum atomic E-state index is 3.53. The third-order valence-electron chi connectivity index (χ3n) is 3.50. The van der Waals surface area contributed by atoms with Crippen molar-refractivity contribution in [2.45, 2.75) is 25.3 Å². The molecule has 1 aromatic carbocycles. The molecular weight excluding hydrogens is 220 g/mol. The number of para-hydroxylation sites is 1. The molecule has 86 valence electrons. The number of benzene rings is 1. The molecule has 3 rings (SSSR count). The van der Waals surface area contributed by atoms with E-state index in [2.05, 4.69) is 41.6 Å². The number of nitrogens with one attached hydrogen (secondary N) is 2. The quantitative estimate of drug-likeness (QED) is 0.783. The number of fused-ring (bicyclic) bond motifs is 3. The average molecular weight is 237 g/mol. The Morgan fingerprint density at radius 1 is 1.31 bits per heavy atom. The summed E-state index contributed by atoms with van der Waals surface area (Å²) in [6.45, 7) is 0. The van der Waals surface area contributed by atoms with E-state index >= 15 is 0 Å². The number of hydrogen-bond acceptors (Lipinski definition) is 1. The van der Waals surface area contributed by atoms with E-state index in [1.807, 2.05) is 0 Å². The number of H-pyrrole nitrogens is 1. The largest absolute Gasteiger partial charge is 0.358 e. The Hall–Kier alpha value is -0.990. The number of aromatic amines is 1. The van der Waals surface area contributed by atoms with Crippen LogP contribution in [0, 0.1) is 0 Å². The number of likely N-dealkylation sites (N-methyl/N-ethyl adjacent to an activating group) is 1.